The molecule has 1 amide bonds. The predicted octanol–water partition coefficient (Wildman–Crippen LogP) is 3.43. The lowest BCUT2D eigenvalue weighted by Crippen LogP contribution is -2.31. The van der Waals surface area contributed by atoms with Crippen LogP contribution in [0.2, 0.25) is 0 Å². The smallest absolute Gasteiger partial charge is 0.251 e. The zero-order chi connectivity index (χ0) is 13.9. The van der Waals surface area contributed by atoms with Crippen LogP contribution in [0.4, 0.5) is 5.69 Å². The largest absolute Gasteiger partial charge is 0.382 e. The van der Waals surface area contributed by atoms with Crippen LogP contribution < -0.4 is 10.6 Å². The summed E-state index contributed by atoms with van der Waals surface area (Å²) in [5.41, 5.74) is 2.18. The molecule has 19 heavy (non-hydrogen) atoms. The van der Waals surface area contributed by atoms with E-state index < -0.39 is 0 Å². The van der Waals surface area contributed by atoms with E-state index in [1.54, 1.807) is 7.05 Å². The number of anilines is 1. The summed E-state index contributed by atoms with van der Waals surface area (Å²) in [5.74, 6) is -0.0346. The molecule has 0 spiro atoms. The van der Waals surface area contributed by atoms with E-state index in [0.717, 1.165) is 5.69 Å². The fraction of sp³-hybridized carbons (Fsp3) is 0.562. The molecule has 0 radical (unpaired) electrons. The van der Waals surface area contributed by atoms with Crippen molar-refractivity contribution in [3.63, 3.8) is 0 Å². The zero-order valence-electron chi connectivity index (χ0n) is 12.1. The third-order valence-corrected chi connectivity index (χ3v) is 3.93. The molecular weight excluding hydrogens is 236 g/mol. The van der Waals surface area contributed by atoms with Crippen molar-refractivity contribution in [2.24, 2.45) is 5.41 Å². The van der Waals surface area contributed by atoms with Crippen molar-refractivity contribution in [1.82, 2.24) is 5.32 Å². The molecule has 1 aromatic rings. The van der Waals surface area contributed by atoms with Gasteiger partial charge in [-0.05, 0) is 42.9 Å². The average molecular weight is 260 g/mol. The third kappa shape index (κ3) is 3.72. The first-order valence-electron chi connectivity index (χ1n) is 7.09. The minimum atomic E-state index is -0.0346. The van der Waals surface area contributed by atoms with Gasteiger partial charge in [0.2, 0.25) is 0 Å². The van der Waals surface area contributed by atoms with E-state index in [-0.39, 0.29) is 5.91 Å². The van der Waals surface area contributed by atoms with Crippen LogP contribution in [0.25, 0.3) is 0 Å². The number of carbonyl (C=O) groups excluding carboxylic acids is 1. The van der Waals surface area contributed by atoms with Crippen molar-refractivity contribution in [1.29, 1.82) is 0 Å². The van der Waals surface area contributed by atoms with Gasteiger partial charge in [-0.1, -0.05) is 26.3 Å². The van der Waals surface area contributed by atoms with Crippen molar-refractivity contribution < 1.29 is 4.79 Å². The van der Waals surface area contributed by atoms with E-state index in [1.165, 1.54) is 25.7 Å². The molecule has 0 bridgehead atoms. The van der Waals surface area contributed by atoms with Gasteiger partial charge in [-0.3, -0.25) is 4.79 Å². The second-order valence-corrected chi connectivity index (χ2v) is 6.26. The van der Waals surface area contributed by atoms with Gasteiger partial charge in [0.1, 0.15) is 0 Å². The lowest BCUT2D eigenvalue weighted by molar-refractivity contribution is 0.0963. The van der Waals surface area contributed by atoms with Crippen LogP contribution in [-0.4, -0.2) is 19.0 Å². The van der Waals surface area contributed by atoms with E-state index >= 15 is 0 Å². The van der Waals surface area contributed by atoms with Crippen LogP contribution in [0.3, 0.4) is 0 Å². The molecule has 0 aliphatic heterocycles. The maximum absolute atomic E-state index is 11.6. The van der Waals surface area contributed by atoms with E-state index in [1.807, 2.05) is 24.3 Å². The van der Waals surface area contributed by atoms with Gasteiger partial charge in [0.05, 0.1) is 0 Å². The van der Waals surface area contributed by atoms with Crippen LogP contribution >= 0.6 is 0 Å². The molecule has 1 atom stereocenters. The summed E-state index contributed by atoms with van der Waals surface area (Å²) in [4.78, 5) is 11.6. The maximum atomic E-state index is 11.6. The highest BCUT2D eigenvalue weighted by Gasteiger charge is 2.27. The first kappa shape index (κ1) is 13.9. The van der Waals surface area contributed by atoms with Gasteiger partial charge in [0, 0.05) is 24.3 Å². The van der Waals surface area contributed by atoms with E-state index in [4.69, 9.17) is 0 Å². The highest BCUT2D eigenvalue weighted by atomic mass is 16.1. The Morgan fingerprint density at radius 2 is 2.16 bits per heavy atom. The number of carbonyl (C=O) groups is 1. The Labute approximate surface area is 115 Å². The number of benzene rings is 1. The Balaban J connectivity index is 2.05. The molecule has 3 heteroatoms. The van der Waals surface area contributed by atoms with Gasteiger partial charge < -0.3 is 10.6 Å². The van der Waals surface area contributed by atoms with Crippen LogP contribution in [0.1, 0.15) is 49.9 Å². The highest BCUT2D eigenvalue weighted by Crippen LogP contribution is 2.36. The second-order valence-electron chi connectivity index (χ2n) is 6.26. The van der Waals surface area contributed by atoms with Crippen LogP contribution in [0, 0.1) is 5.41 Å². The van der Waals surface area contributed by atoms with Gasteiger partial charge in [-0.25, -0.2) is 0 Å². The number of nitrogens with one attached hydrogen (secondary N) is 2. The molecule has 2 rings (SSSR count). The molecule has 3 nitrogen and oxygen atoms in total. The Morgan fingerprint density at radius 3 is 2.84 bits per heavy atom. The molecule has 0 aromatic heterocycles. The Bertz CT molecular complexity index is 454. The van der Waals surface area contributed by atoms with Crippen molar-refractivity contribution in [3.8, 4) is 0 Å². The number of amides is 1. The second kappa shape index (κ2) is 5.64. The van der Waals surface area contributed by atoms with E-state index in [2.05, 4.69) is 24.5 Å². The lowest BCUT2D eigenvalue weighted by atomic mass is 9.75. The number of hydrogen-bond donors (Lipinski definition) is 2. The van der Waals surface area contributed by atoms with Crippen molar-refractivity contribution in [2.75, 3.05) is 12.4 Å². The van der Waals surface area contributed by atoms with Gasteiger partial charge in [0.15, 0.2) is 0 Å². The van der Waals surface area contributed by atoms with Crippen LogP contribution in [0.5, 0.6) is 0 Å². The SMILES string of the molecule is CNC(=O)c1cccc(NC2CCCC(C)(C)C2)c1. The van der Waals surface area contributed by atoms with Crippen molar-refractivity contribution >= 4 is 11.6 Å². The first-order chi connectivity index (χ1) is 9.00. The monoisotopic (exact) mass is 260 g/mol. The predicted molar refractivity (Wildman–Crippen MR) is 79.5 cm³/mol. The zero-order valence-corrected chi connectivity index (χ0v) is 12.1. The van der Waals surface area contributed by atoms with Crippen LogP contribution in [-0.2, 0) is 0 Å². The van der Waals surface area contributed by atoms with Gasteiger partial charge in [0.25, 0.3) is 5.91 Å². The molecule has 0 saturated heterocycles. The highest BCUT2D eigenvalue weighted by molar-refractivity contribution is 5.94. The number of rotatable bonds is 3. The van der Waals surface area contributed by atoms with Gasteiger partial charge >= 0.3 is 0 Å². The van der Waals surface area contributed by atoms with E-state index in [0.29, 0.717) is 17.0 Å². The summed E-state index contributed by atoms with van der Waals surface area (Å²) in [6.45, 7) is 4.67. The molecule has 1 fully saturated rings. The topological polar surface area (TPSA) is 41.1 Å². The third-order valence-electron chi connectivity index (χ3n) is 3.93. The lowest BCUT2D eigenvalue weighted by Gasteiger charge is -2.36. The quantitative estimate of drug-likeness (QED) is 0.874. The summed E-state index contributed by atoms with van der Waals surface area (Å²) in [6.07, 6.45) is 4.99. The molecule has 104 valence electrons. The summed E-state index contributed by atoms with van der Waals surface area (Å²) < 4.78 is 0. The minimum Gasteiger partial charge on any atom is -0.382 e. The fourth-order valence-corrected chi connectivity index (χ4v) is 2.95. The first-order valence-corrected chi connectivity index (χ1v) is 7.09. The number of hydrogen-bond acceptors (Lipinski definition) is 2. The molecular formula is C16H24N2O. The fourth-order valence-electron chi connectivity index (χ4n) is 2.95. The van der Waals surface area contributed by atoms with Crippen LogP contribution in [0.15, 0.2) is 24.3 Å². The summed E-state index contributed by atoms with van der Waals surface area (Å²) in [6, 6.07) is 8.26. The average Bonchev–Trinajstić information content (AvgIpc) is 2.37. The molecule has 1 unspecified atom stereocenters. The minimum absolute atomic E-state index is 0.0346. The Kier molecular flexibility index (Phi) is 4.13. The van der Waals surface area contributed by atoms with Gasteiger partial charge in [-0.15, -0.1) is 0 Å². The standard InChI is InChI=1S/C16H24N2O/c1-16(2)9-5-8-14(11-16)18-13-7-4-6-12(10-13)15(19)17-3/h4,6-7,10,14,18H,5,8-9,11H2,1-3H3,(H,17,19). The van der Waals surface area contributed by atoms with E-state index in [9.17, 15) is 4.79 Å². The summed E-state index contributed by atoms with van der Waals surface area (Å²) in [7, 11) is 1.66. The Morgan fingerprint density at radius 1 is 1.37 bits per heavy atom. The molecule has 1 saturated carbocycles. The van der Waals surface area contributed by atoms with Crippen molar-refractivity contribution in [3.05, 3.63) is 29.8 Å². The van der Waals surface area contributed by atoms with Gasteiger partial charge in [-0.2, -0.15) is 0 Å². The normalized spacial score (nSPS) is 21.7. The maximum Gasteiger partial charge on any atom is 0.251 e. The summed E-state index contributed by atoms with van der Waals surface area (Å²) >= 11 is 0. The molecule has 1 aliphatic carbocycles. The molecule has 1 aliphatic rings. The summed E-state index contributed by atoms with van der Waals surface area (Å²) in [5, 5.41) is 6.23. The van der Waals surface area contributed by atoms with Crippen molar-refractivity contribution in [2.45, 2.75) is 45.6 Å². The Hall–Kier alpha value is -1.51. The molecule has 1 aromatic carbocycles. The molecule has 0 heterocycles. The molecule has 2 N–H and O–H groups in total.